The molecule has 8 nitrogen and oxygen atoms in total. The quantitative estimate of drug-likeness (QED) is 0.507. The molecule has 2 aliphatic heterocycles. The maximum atomic E-state index is 13.3. The summed E-state index contributed by atoms with van der Waals surface area (Å²) in [5.74, 6) is 1.24. The zero-order chi connectivity index (χ0) is 20.5. The molecule has 1 atom stereocenters. The van der Waals surface area contributed by atoms with Crippen LogP contribution in [0, 0.1) is 0 Å². The normalized spacial score (nSPS) is 20.6. The van der Waals surface area contributed by atoms with Gasteiger partial charge in [0.15, 0.2) is 0 Å². The highest BCUT2D eigenvalue weighted by Gasteiger charge is 2.24. The van der Waals surface area contributed by atoms with Crippen molar-refractivity contribution in [3.63, 3.8) is 0 Å². The fourth-order valence-electron chi connectivity index (χ4n) is 4.17. The number of para-hydroxylation sites is 1. The highest BCUT2D eigenvalue weighted by atomic mass is 32.1. The zero-order valence-electron chi connectivity index (χ0n) is 16.9. The molecular weight excluding hydrogens is 398 g/mol. The van der Waals surface area contributed by atoms with E-state index in [1.807, 2.05) is 24.3 Å². The lowest BCUT2D eigenvalue weighted by Gasteiger charge is -2.31. The smallest absolute Gasteiger partial charge is 0.264 e. The summed E-state index contributed by atoms with van der Waals surface area (Å²) in [5, 5.41) is 7.66. The van der Waals surface area contributed by atoms with Crippen molar-refractivity contribution in [1.82, 2.24) is 20.3 Å². The minimum absolute atomic E-state index is 0.153. The summed E-state index contributed by atoms with van der Waals surface area (Å²) in [6.45, 7) is 3.50. The first-order valence-electron chi connectivity index (χ1n) is 10.7. The molecular formula is C21H27N7OS. The van der Waals surface area contributed by atoms with Gasteiger partial charge in [-0.1, -0.05) is 12.1 Å². The molecule has 0 aliphatic carbocycles. The third kappa shape index (κ3) is 3.92. The van der Waals surface area contributed by atoms with E-state index in [2.05, 4.69) is 20.5 Å². The van der Waals surface area contributed by atoms with Crippen LogP contribution in [0.1, 0.15) is 25.7 Å². The van der Waals surface area contributed by atoms with Gasteiger partial charge >= 0.3 is 0 Å². The first-order chi connectivity index (χ1) is 14.7. The van der Waals surface area contributed by atoms with E-state index >= 15 is 0 Å². The number of aromatic amines is 1. The van der Waals surface area contributed by atoms with Crippen LogP contribution in [0.2, 0.25) is 0 Å². The Balaban J connectivity index is 1.56. The predicted octanol–water partition coefficient (Wildman–Crippen LogP) is 2.14. The van der Waals surface area contributed by atoms with Crippen molar-refractivity contribution in [2.45, 2.75) is 37.8 Å². The van der Waals surface area contributed by atoms with E-state index in [9.17, 15) is 4.79 Å². The Labute approximate surface area is 178 Å². The first-order valence-corrected chi connectivity index (χ1v) is 11.5. The van der Waals surface area contributed by atoms with Crippen LogP contribution in [0.25, 0.3) is 20.8 Å². The number of hydrogen-bond acceptors (Lipinski definition) is 8. The van der Waals surface area contributed by atoms with Crippen molar-refractivity contribution >= 4 is 33.3 Å². The lowest BCUT2D eigenvalue weighted by molar-refractivity contribution is 0.478. The molecule has 4 heterocycles. The molecule has 2 aromatic heterocycles. The summed E-state index contributed by atoms with van der Waals surface area (Å²) >= 11 is 1.53. The minimum Gasteiger partial charge on any atom is -0.365 e. The number of piperidine rings is 2. The number of thiazole rings is 1. The van der Waals surface area contributed by atoms with Crippen molar-refractivity contribution < 1.29 is 0 Å². The van der Waals surface area contributed by atoms with Crippen molar-refractivity contribution in [3.8, 4) is 10.6 Å². The second-order valence-electron chi connectivity index (χ2n) is 8.11. The first kappa shape index (κ1) is 19.5. The number of hydrogen-bond donors (Lipinski definition) is 4. The summed E-state index contributed by atoms with van der Waals surface area (Å²) in [6, 6.07) is 8.42. The van der Waals surface area contributed by atoms with E-state index in [0.29, 0.717) is 22.3 Å². The van der Waals surface area contributed by atoms with Gasteiger partial charge in [-0.3, -0.25) is 9.78 Å². The molecule has 5 N–H and O–H groups in total. The van der Waals surface area contributed by atoms with Gasteiger partial charge in [-0.2, -0.15) is 4.98 Å². The molecule has 2 aliphatic rings. The van der Waals surface area contributed by atoms with Gasteiger partial charge in [-0.25, -0.2) is 4.98 Å². The van der Waals surface area contributed by atoms with Crippen LogP contribution < -0.4 is 26.8 Å². The number of rotatable bonds is 4. The van der Waals surface area contributed by atoms with Crippen molar-refractivity contribution in [3.05, 3.63) is 34.6 Å². The van der Waals surface area contributed by atoms with E-state index in [1.54, 1.807) is 0 Å². The van der Waals surface area contributed by atoms with Crippen LogP contribution in [0.3, 0.4) is 0 Å². The zero-order valence-corrected chi connectivity index (χ0v) is 17.7. The maximum Gasteiger partial charge on any atom is 0.264 e. The van der Waals surface area contributed by atoms with Gasteiger partial charge in [0.25, 0.3) is 5.56 Å². The second kappa shape index (κ2) is 8.33. The second-order valence-corrected chi connectivity index (χ2v) is 9.14. The van der Waals surface area contributed by atoms with Crippen LogP contribution in [-0.4, -0.2) is 53.2 Å². The molecule has 5 rings (SSSR count). The molecule has 30 heavy (non-hydrogen) atoms. The molecule has 0 spiro atoms. The average molecular weight is 426 g/mol. The fourth-order valence-corrected chi connectivity index (χ4v) is 5.18. The predicted molar refractivity (Wildman–Crippen MR) is 122 cm³/mol. The van der Waals surface area contributed by atoms with E-state index in [0.717, 1.165) is 62.1 Å². The highest BCUT2D eigenvalue weighted by molar-refractivity contribution is 7.21. The van der Waals surface area contributed by atoms with Gasteiger partial charge < -0.3 is 21.3 Å². The number of aromatic nitrogens is 3. The Morgan fingerprint density at radius 1 is 1.17 bits per heavy atom. The lowest BCUT2D eigenvalue weighted by atomic mass is 10.1. The average Bonchev–Trinajstić information content (AvgIpc) is 3.18. The van der Waals surface area contributed by atoms with Crippen LogP contribution >= 0.6 is 11.3 Å². The molecule has 0 bridgehead atoms. The fraction of sp³-hybridized carbons (Fsp3) is 0.476. The van der Waals surface area contributed by atoms with E-state index in [4.69, 9.17) is 15.7 Å². The van der Waals surface area contributed by atoms with Crippen molar-refractivity contribution in [2.24, 2.45) is 5.73 Å². The standard InChI is InChI=1S/C21H27N7OS/c22-13-7-10-28(11-8-13)21-26-18(24-14-4-3-9-23-12-14)17(19(29)27-21)20-25-15-5-1-2-6-16(15)30-20/h1-2,5-6,13-14,23H,3-4,7-12,22H2,(H2,24,26,27,29)/t14-/m1/s1. The molecule has 2 saturated heterocycles. The monoisotopic (exact) mass is 425 g/mol. The number of benzene rings is 1. The highest BCUT2D eigenvalue weighted by Crippen LogP contribution is 2.32. The van der Waals surface area contributed by atoms with Gasteiger partial charge in [0.05, 0.1) is 10.2 Å². The van der Waals surface area contributed by atoms with Crippen LogP contribution in [0.15, 0.2) is 29.1 Å². The summed E-state index contributed by atoms with van der Waals surface area (Å²) in [7, 11) is 0. The van der Waals surface area contributed by atoms with E-state index < -0.39 is 0 Å². The van der Waals surface area contributed by atoms with E-state index in [-0.39, 0.29) is 17.6 Å². The summed E-state index contributed by atoms with van der Waals surface area (Å²) in [4.78, 5) is 28.0. The third-order valence-electron chi connectivity index (χ3n) is 5.89. The Morgan fingerprint density at radius 3 is 2.77 bits per heavy atom. The number of nitrogens with zero attached hydrogens (tertiary/aromatic N) is 3. The lowest BCUT2D eigenvalue weighted by Crippen LogP contribution is -2.42. The SMILES string of the molecule is NC1CCN(c2nc(N[C@@H]3CCCNC3)c(-c3nc4ccccc4s3)c(=O)[nH]2)CC1. The molecule has 0 unspecified atom stereocenters. The van der Waals surface area contributed by atoms with Crippen LogP contribution in [-0.2, 0) is 0 Å². The van der Waals surface area contributed by atoms with Crippen LogP contribution in [0.4, 0.5) is 11.8 Å². The topological polar surface area (TPSA) is 112 Å². The summed E-state index contributed by atoms with van der Waals surface area (Å²) < 4.78 is 1.06. The minimum atomic E-state index is -0.153. The molecule has 0 amide bonds. The Hall–Kier alpha value is -2.49. The summed E-state index contributed by atoms with van der Waals surface area (Å²) in [5.41, 5.74) is 7.32. The van der Waals surface area contributed by atoms with Gasteiger partial charge in [0, 0.05) is 31.7 Å². The van der Waals surface area contributed by atoms with E-state index in [1.165, 1.54) is 11.3 Å². The molecule has 158 valence electrons. The molecule has 2 fully saturated rings. The third-order valence-corrected chi connectivity index (χ3v) is 6.95. The Bertz CT molecular complexity index is 1050. The molecule has 3 aromatic rings. The van der Waals surface area contributed by atoms with Gasteiger partial charge in [0.2, 0.25) is 5.95 Å². The molecule has 0 saturated carbocycles. The molecule has 9 heteroatoms. The van der Waals surface area contributed by atoms with Gasteiger partial charge in [0.1, 0.15) is 16.4 Å². The number of anilines is 2. The van der Waals surface area contributed by atoms with Gasteiger partial charge in [-0.15, -0.1) is 11.3 Å². The molecule has 0 radical (unpaired) electrons. The Morgan fingerprint density at radius 2 is 2.00 bits per heavy atom. The Kier molecular flexibility index (Phi) is 5.41. The number of nitrogens with two attached hydrogens (primary N) is 1. The number of fused-ring (bicyclic) bond motifs is 1. The van der Waals surface area contributed by atoms with Gasteiger partial charge in [-0.05, 0) is 44.4 Å². The van der Waals surface area contributed by atoms with Crippen LogP contribution in [0.5, 0.6) is 0 Å². The van der Waals surface area contributed by atoms with Crippen molar-refractivity contribution in [2.75, 3.05) is 36.4 Å². The largest absolute Gasteiger partial charge is 0.365 e. The number of nitrogens with one attached hydrogen (secondary N) is 3. The summed E-state index contributed by atoms with van der Waals surface area (Å²) in [6.07, 6.45) is 3.96. The number of H-pyrrole nitrogens is 1. The maximum absolute atomic E-state index is 13.3. The van der Waals surface area contributed by atoms with Crippen molar-refractivity contribution in [1.29, 1.82) is 0 Å². The molecule has 1 aromatic carbocycles.